The number of amides is 1. The van der Waals surface area contributed by atoms with Gasteiger partial charge in [0, 0.05) is 24.0 Å². The van der Waals surface area contributed by atoms with Crippen LogP contribution < -0.4 is 45.1 Å². The Bertz CT molecular complexity index is 1080. The van der Waals surface area contributed by atoms with E-state index in [0.717, 1.165) is 42.1 Å². The molecular formula is C24H25N2NaO4. The maximum atomic E-state index is 11.8. The number of nitrogens with two attached hydrogens (primary N) is 1. The van der Waals surface area contributed by atoms with Crippen molar-refractivity contribution in [2.75, 3.05) is 6.61 Å². The van der Waals surface area contributed by atoms with Crippen LogP contribution in [0.3, 0.4) is 0 Å². The third-order valence-electron chi connectivity index (χ3n) is 5.80. The van der Waals surface area contributed by atoms with Crippen LogP contribution in [0.1, 0.15) is 48.4 Å². The van der Waals surface area contributed by atoms with Crippen molar-refractivity contribution in [2.24, 2.45) is 5.73 Å². The number of aromatic nitrogens is 1. The number of rotatable bonds is 7. The number of aliphatic carboxylic acids is 1. The second-order valence-electron chi connectivity index (χ2n) is 7.86. The van der Waals surface area contributed by atoms with E-state index >= 15 is 0 Å². The minimum absolute atomic E-state index is 0. The maximum Gasteiger partial charge on any atom is 1.00 e. The van der Waals surface area contributed by atoms with Crippen molar-refractivity contribution in [3.05, 3.63) is 65.4 Å². The number of fused-ring (bicyclic) bond motifs is 3. The van der Waals surface area contributed by atoms with E-state index in [2.05, 4.69) is 16.7 Å². The average molecular weight is 428 g/mol. The van der Waals surface area contributed by atoms with Gasteiger partial charge in [0.05, 0.1) is 11.5 Å². The van der Waals surface area contributed by atoms with Gasteiger partial charge in [-0.3, -0.25) is 4.79 Å². The second kappa shape index (κ2) is 10.4. The van der Waals surface area contributed by atoms with Gasteiger partial charge in [-0.25, -0.2) is 0 Å². The van der Waals surface area contributed by atoms with Crippen molar-refractivity contribution in [2.45, 2.75) is 44.6 Å². The van der Waals surface area contributed by atoms with Crippen LogP contribution >= 0.6 is 0 Å². The molecule has 0 saturated heterocycles. The Morgan fingerprint density at radius 2 is 1.87 bits per heavy atom. The van der Waals surface area contributed by atoms with Gasteiger partial charge in [0.15, 0.2) is 0 Å². The van der Waals surface area contributed by atoms with E-state index in [0.29, 0.717) is 12.3 Å². The predicted octanol–water partition coefficient (Wildman–Crippen LogP) is -0.492. The third kappa shape index (κ3) is 5.14. The van der Waals surface area contributed by atoms with Gasteiger partial charge in [0.2, 0.25) is 5.91 Å². The standard InChI is InChI=1S/C24H26N2O4.Na/c25-21(27)13-17-9-4-5-10-18-23(17)24-19(11-6-12-20(24)30-15-22(28)29)26(18)14-16-7-2-1-3-8-16;/h1-3,6-8,11-12,17H,4-5,9-10,13-15H2,(H2,25,27)(H,28,29);/q;+1/p-1. The molecule has 1 aliphatic rings. The number of carbonyl (C=O) groups is 2. The Labute approximate surface area is 203 Å². The molecule has 1 amide bonds. The number of carboxylic acid groups (broad SMARTS) is 1. The van der Waals surface area contributed by atoms with E-state index < -0.39 is 12.6 Å². The van der Waals surface area contributed by atoms with Gasteiger partial charge in [-0.1, -0.05) is 42.8 Å². The Balaban J connectivity index is 0.00000272. The molecular weight excluding hydrogens is 403 g/mol. The molecule has 1 aliphatic carbocycles. The second-order valence-corrected chi connectivity index (χ2v) is 7.86. The molecule has 31 heavy (non-hydrogen) atoms. The predicted molar refractivity (Wildman–Crippen MR) is 112 cm³/mol. The van der Waals surface area contributed by atoms with Gasteiger partial charge in [0.1, 0.15) is 12.4 Å². The van der Waals surface area contributed by atoms with Gasteiger partial charge in [-0.2, -0.15) is 0 Å². The van der Waals surface area contributed by atoms with E-state index in [-0.39, 0.29) is 47.8 Å². The molecule has 0 radical (unpaired) electrons. The number of carboxylic acids is 1. The SMILES string of the molecule is NC(=O)CC1CCCCc2c1c1c(OCC(=O)[O-])cccc1n2Cc1ccccc1.[Na+]. The van der Waals surface area contributed by atoms with Crippen molar-refractivity contribution < 1.29 is 49.0 Å². The molecule has 1 atom stereocenters. The molecule has 6 nitrogen and oxygen atoms in total. The Morgan fingerprint density at radius 3 is 2.58 bits per heavy atom. The van der Waals surface area contributed by atoms with Crippen LogP contribution in [0, 0.1) is 0 Å². The summed E-state index contributed by atoms with van der Waals surface area (Å²) in [5.74, 6) is -1.09. The number of carbonyl (C=O) groups excluding carboxylic acids is 2. The number of ether oxygens (including phenoxy) is 1. The molecule has 1 aromatic heterocycles. The van der Waals surface area contributed by atoms with E-state index in [1.54, 1.807) is 6.07 Å². The normalized spacial score (nSPS) is 15.5. The fourth-order valence-electron chi connectivity index (χ4n) is 4.64. The van der Waals surface area contributed by atoms with Gasteiger partial charge < -0.3 is 24.9 Å². The minimum atomic E-state index is -1.27. The maximum absolute atomic E-state index is 11.8. The molecule has 0 fully saturated rings. The number of hydrogen-bond acceptors (Lipinski definition) is 4. The summed E-state index contributed by atoms with van der Waals surface area (Å²) in [6.45, 7) is 0.179. The molecule has 2 aromatic carbocycles. The molecule has 0 bridgehead atoms. The van der Waals surface area contributed by atoms with Crippen LogP contribution in [-0.2, 0) is 22.6 Å². The Kier molecular flexibility index (Phi) is 7.81. The first-order chi connectivity index (χ1) is 14.5. The molecule has 1 heterocycles. The molecule has 0 saturated carbocycles. The summed E-state index contributed by atoms with van der Waals surface area (Å²) in [7, 11) is 0. The van der Waals surface area contributed by atoms with Crippen molar-refractivity contribution in [1.29, 1.82) is 0 Å². The van der Waals surface area contributed by atoms with Gasteiger partial charge in [-0.15, -0.1) is 0 Å². The van der Waals surface area contributed by atoms with Crippen LogP contribution in [0.15, 0.2) is 48.5 Å². The summed E-state index contributed by atoms with van der Waals surface area (Å²) in [6, 6.07) is 15.9. The van der Waals surface area contributed by atoms with E-state index in [1.807, 2.05) is 30.3 Å². The van der Waals surface area contributed by atoms with Gasteiger partial charge in [0.25, 0.3) is 0 Å². The zero-order valence-corrected chi connectivity index (χ0v) is 19.8. The molecule has 4 rings (SSSR count). The van der Waals surface area contributed by atoms with Crippen LogP contribution in [0.25, 0.3) is 10.9 Å². The minimum Gasteiger partial charge on any atom is -0.546 e. The molecule has 7 heteroatoms. The Hall–Kier alpha value is -2.28. The van der Waals surface area contributed by atoms with Crippen molar-refractivity contribution in [3.8, 4) is 5.75 Å². The number of nitrogens with zero attached hydrogens (tertiary/aromatic N) is 1. The van der Waals surface area contributed by atoms with Crippen molar-refractivity contribution in [1.82, 2.24) is 4.57 Å². The first kappa shape index (κ1) is 23.4. The molecule has 156 valence electrons. The third-order valence-corrected chi connectivity index (χ3v) is 5.80. The first-order valence-electron chi connectivity index (χ1n) is 10.3. The van der Waals surface area contributed by atoms with Gasteiger partial charge >= 0.3 is 29.6 Å². The summed E-state index contributed by atoms with van der Waals surface area (Å²) in [5, 5.41) is 11.9. The number of primary amides is 1. The fourth-order valence-corrected chi connectivity index (χ4v) is 4.64. The molecule has 2 N–H and O–H groups in total. The van der Waals surface area contributed by atoms with Crippen LogP contribution in [0.2, 0.25) is 0 Å². The summed E-state index contributed by atoms with van der Waals surface area (Å²) in [6.07, 6.45) is 4.08. The van der Waals surface area contributed by atoms with Crippen LogP contribution in [-0.4, -0.2) is 23.1 Å². The first-order valence-corrected chi connectivity index (χ1v) is 10.3. The smallest absolute Gasteiger partial charge is 0.546 e. The summed E-state index contributed by atoms with van der Waals surface area (Å²) in [4.78, 5) is 22.8. The fraction of sp³-hybridized carbons (Fsp3) is 0.333. The van der Waals surface area contributed by atoms with Crippen LogP contribution in [0.4, 0.5) is 0 Å². The summed E-state index contributed by atoms with van der Waals surface area (Å²) in [5.41, 5.74) is 9.99. The van der Waals surface area contributed by atoms with Gasteiger partial charge in [-0.05, 0) is 48.4 Å². The topological polar surface area (TPSA) is 97.4 Å². The summed E-state index contributed by atoms with van der Waals surface area (Å²) >= 11 is 0. The monoisotopic (exact) mass is 428 g/mol. The molecule has 3 aromatic rings. The zero-order valence-electron chi connectivity index (χ0n) is 17.8. The van der Waals surface area contributed by atoms with Crippen LogP contribution in [0.5, 0.6) is 5.75 Å². The molecule has 0 spiro atoms. The zero-order chi connectivity index (χ0) is 21.1. The molecule has 0 aliphatic heterocycles. The van der Waals surface area contributed by atoms with E-state index in [1.165, 1.54) is 11.3 Å². The van der Waals surface area contributed by atoms with E-state index in [4.69, 9.17) is 10.5 Å². The number of hydrogen-bond donors (Lipinski definition) is 1. The van der Waals surface area contributed by atoms with E-state index in [9.17, 15) is 14.7 Å². The van der Waals surface area contributed by atoms with Crippen molar-refractivity contribution in [3.63, 3.8) is 0 Å². The van der Waals surface area contributed by atoms with Crippen molar-refractivity contribution >= 4 is 22.8 Å². The quantitative estimate of drug-likeness (QED) is 0.406. The average Bonchev–Trinajstić information content (AvgIpc) is 2.88. The summed E-state index contributed by atoms with van der Waals surface area (Å²) < 4.78 is 7.90. The Morgan fingerprint density at radius 1 is 1.10 bits per heavy atom. The largest absolute Gasteiger partial charge is 1.00 e. The molecule has 1 unspecified atom stereocenters. The number of benzene rings is 2.